The van der Waals surface area contributed by atoms with Crippen LogP contribution in [0.1, 0.15) is 10.6 Å². The summed E-state index contributed by atoms with van der Waals surface area (Å²) in [5, 5.41) is 0. The molecule has 16 heavy (non-hydrogen) atoms. The van der Waals surface area contributed by atoms with Crippen LogP contribution in [0.15, 0.2) is 24.8 Å². The van der Waals surface area contributed by atoms with Crippen LogP contribution >= 0.6 is 11.3 Å². The highest BCUT2D eigenvalue weighted by atomic mass is 32.1. The second-order valence-corrected chi connectivity index (χ2v) is 4.79. The molecule has 0 N–H and O–H groups in total. The van der Waals surface area contributed by atoms with Crippen molar-refractivity contribution < 1.29 is 0 Å². The van der Waals surface area contributed by atoms with Crippen LogP contribution < -0.4 is 0 Å². The Labute approximate surface area is 96.6 Å². The number of aryl methyl sites for hydroxylation is 2. The Balaban J connectivity index is 2.20. The van der Waals surface area contributed by atoms with E-state index in [4.69, 9.17) is 0 Å². The Bertz CT molecular complexity index is 639. The molecule has 3 aromatic heterocycles. The fraction of sp³-hybridized carbons (Fsp3) is 0.182. The minimum atomic E-state index is 0.815. The van der Waals surface area contributed by atoms with Gasteiger partial charge in [0.15, 0.2) is 4.96 Å². The van der Waals surface area contributed by atoms with Gasteiger partial charge in [-0.2, -0.15) is 0 Å². The second kappa shape index (κ2) is 3.38. The van der Waals surface area contributed by atoms with Crippen LogP contribution in [-0.4, -0.2) is 19.4 Å². The van der Waals surface area contributed by atoms with E-state index in [0.29, 0.717) is 0 Å². The van der Waals surface area contributed by atoms with Gasteiger partial charge in [0.25, 0.3) is 0 Å². The molecule has 0 aromatic carbocycles. The molecule has 0 amide bonds. The zero-order valence-electron chi connectivity index (χ0n) is 9.01. The quantitative estimate of drug-likeness (QED) is 0.645. The van der Waals surface area contributed by atoms with E-state index in [1.54, 1.807) is 29.9 Å². The lowest BCUT2D eigenvalue weighted by molar-refractivity contribution is 1.11. The average molecular weight is 230 g/mol. The Morgan fingerprint density at radius 2 is 2.06 bits per heavy atom. The average Bonchev–Trinajstić information content (AvgIpc) is 2.82. The summed E-state index contributed by atoms with van der Waals surface area (Å²) in [5.74, 6) is 0. The molecule has 0 aliphatic carbocycles. The Kier molecular flexibility index (Phi) is 2.00. The lowest BCUT2D eigenvalue weighted by Gasteiger charge is -1.92. The van der Waals surface area contributed by atoms with Crippen molar-refractivity contribution in [2.75, 3.05) is 0 Å². The van der Waals surface area contributed by atoms with E-state index < -0.39 is 0 Å². The Hall–Kier alpha value is -1.75. The maximum absolute atomic E-state index is 4.54. The molecule has 0 aliphatic heterocycles. The number of thiazole rings is 1. The fourth-order valence-corrected chi connectivity index (χ4v) is 2.56. The summed E-state index contributed by atoms with van der Waals surface area (Å²) in [6, 6.07) is 0. The summed E-state index contributed by atoms with van der Waals surface area (Å²) in [5.41, 5.74) is 2.93. The normalized spacial score (nSPS) is 11.1. The van der Waals surface area contributed by atoms with Crippen molar-refractivity contribution in [2.45, 2.75) is 13.8 Å². The minimum Gasteiger partial charge on any atom is -0.294 e. The molecular formula is C11H10N4S. The molecule has 5 heteroatoms. The number of rotatable bonds is 1. The van der Waals surface area contributed by atoms with Gasteiger partial charge in [-0.05, 0) is 13.8 Å². The summed E-state index contributed by atoms with van der Waals surface area (Å²) in [6.45, 7) is 4.21. The third kappa shape index (κ3) is 1.32. The molecule has 80 valence electrons. The third-order valence-corrected chi connectivity index (χ3v) is 3.69. The van der Waals surface area contributed by atoms with Crippen LogP contribution in [0.4, 0.5) is 0 Å². The van der Waals surface area contributed by atoms with E-state index in [1.807, 2.05) is 6.20 Å². The zero-order chi connectivity index (χ0) is 11.1. The SMILES string of the molecule is Cc1sc2nc(-c3cnccn3)cn2c1C. The first-order valence-corrected chi connectivity index (χ1v) is 5.79. The molecule has 0 saturated heterocycles. The van der Waals surface area contributed by atoms with E-state index in [1.165, 1.54) is 10.6 Å². The smallest absolute Gasteiger partial charge is 0.194 e. The van der Waals surface area contributed by atoms with E-state index in [2.05, 4.69) is 33.2 Å². The first-order chi connectivity index (χ1) is 7.75. The maximum atomic E-state index is 4.54. The van der Waals surface area contributed by atoms with Crippen LogP contribution in [0.3, 0.4) is 0 Å². The van der Waals surface area contributed by atoms with Gasteiger partial charge in [0.2, 0.25) is 0 Å². The van der Waals surface area contributed by atoms with E-state index in [-0.39, 0.29) is 0 Å². The molecular weight excluding hydrogens is 220 g/mol. The van der Waals surface area contributed by atoms with Crippen molar-refractivity contribution in [1.82, 2.24) is 19.4 Å². The van der Waals surface area contributed by atoms with Gasteiger partial charge in [-0.25, -0.2) is 4.98 Å². The topological polar surface area (TPSA) is 43.1 Å². The molecule has 3 aromatic rings. The Morgan fingerprint density at radius 3 is 2.75 bits per heavy atom. The van der Waals surface area contributed by atoms with E-state index >= 15 is 0 Å². The molecule has 3 rings (SSSR count). The number of fused-ring (bicyclic) bond motifs is 1. The van der Waals surface area contributed by atoms with Crippen molar-refractivity contribution in [1.29, 1.82) is 0 Å². The van der Waals surface area contributed by atoms with Crippen molar-refractivity contribution >= 4 is 16.3 Å². The van der Waals surface area contributed by atoms with Gasteiger partial charge in [0.05, 0.1) is 6.20 Å². The second-order valence-electron chi connectivity index (χ2n) is 3.61. The molecule has 0 radical (unpaired) electrons. The van der Waals surface area contributed by atoms with Gasteiger partial charge < -0.3 is 0 Å². The molecule has 0 aliphatic rings. The standard InChI is InChI=1S/C11H10N4S/c1-7-8(2)16-11-14-10(6-15(7)11)9-5-12-3-4-13-9/h3-6H,1-2H3. The zero-order valence-corrected chi connectivity index (χ0v) is 9.82. The third-order valence-electron chi connectivity index (χ3n) is 2.61. The number of nitrogens with zero attached hydrogens (tertiary/aromatic N) is 4. The summed E-state index contributed by atoms with van der Waals surface area (Å²) in [4.78, 5) is 15.1. The van der Waals surface area contributed by atoms with Gasteiger partial charge >= 0.3 is 0 Å². The predicted molar refractivity (Wildman–Crippen MR) is 63.6 cm³/mol. The largest absolute Gasteiger partial charge is 0.294 e. The van der Waals surface area contributed by atoms with E-state index in [9.17, 15) is 0 Å². The molecule has 4 nitrogen and oxygen atoms in total. The molecule has 0 saturated carbocycles. The van der Waals surface area contributed by atoms with E-state index in [0.717, 1.165) is 16.3 Å². The maximum Gasteiger partial charge on any atom is 0.194 e. The molecule has 0 unspecified atom stereocenters. The number of hydrogen-bond donors (Lipinski definition) is 0. The monoisotopic (exact) mass is 230 g/mol. The lowest BCUT2D eigenvalue weighted by atomic mass is 10.3. The fourth-order valence-electron chi connectivity index (χ4n) is 1.61. The van der Waals surface area contributed by atoms with Crippen molar-refractivity contribution in [3.05, 3.63) is 35.4 Å². The van der Waals surface area contributed by atoms with Gasteiger partial charge in [-0.3, -0.25) is 14.4 Å². The van der Waals surface area contributed by atoms with Gasteiger partial charge in [0.1, 0.15) is 11.4 Å². The highest BCUT2D eigenvalue weighted by Crippen LogP contribution is 2.24. The number of imidazole rings is 1. The van der Waals surface area contributed by atoms with Crippen LogP contribution in [0.5, 0.6) is 0 Å². The molecule has 0 atom stereocenters. The van der Waals surface area contributed by atoms with Crippen molar-refractivity contribution in [2.24, 2.45) is 0 Å². The minimum absolute atomic E-state index is 0.815. The number of hydrogen-bond acceptors (Lipinski definition) is 4. The summed E-state index contributed by atoms with van der Waals surface area (Å²) in [7, 11) is 0. The van der Waals surface area contributed by atoms with Crippen LogP contribution in [0.25, 0.3) is 16.3 Å². The number of aromatic nitrogens is 4. The van der Waals surface area contributed by atoms with Crippen LogP contribution in [-0.2, 0) is 0 Å². The Morgan fingerprint density at radius 1 is 1.19 bits per heavy atom. The van der Waals surface area contributed by atoms with Gasteiger partial charge in [-0.1, -0.05) is 0 Å². The van der Waals surface area contributed by atoms with Crippen LogP contribution in [0.2, 0.25) is 0 Å². The molecule has 0 bridgehead atoms. The van der Waals surface area contributed by atoms with Gasteiger partial charge in [-0.15, -0.1) is 11.3 Å². The summed E-state index contributed by atoms with van der Waals surface area (Å²) in [6.07, 6.45) is 7.09. The van der Waals surface area contributed by atoms with Crippen molar-refractivity contribution in [3.8, 4) is 11.4 Å². The predicted octanol–water partition coefficient (Wildman–Crippen LogP) is 2.47. The summed E-state index contributed by atoms with van der Waals surface area (Å²) >= 11 is 1.70. The highest BCUT2D eigenvalue weighted by molar-refractivity contribution is 7.17. The van der Waals surface area contributed by atoms with Gasteiger partial charge in [0, 0.05) is 29.2 Å². The molecule has 0 fully saturated rings. The summed E-state index contributed by atoms with van der Waals surface area (Å²) < 4.78 is 2.10. The van der Waals surface area contributed by atoms with Crippen LogP contribution in [0, 0.1) is 13.8 Å². The first kappa shape index (κ1) is 9.47. The lowest BCUT2D eigenvalue weighted by Crippen LogP contribution is -1.84. The highest BCUT2D eigenvalue weighted by Gasteiger charge is 2.10. The molecule has 3 heterocycles. The van der Waals surface area contributed by atoms with Crippen molar-refractivity contribution in [3.63, 3.8) is 0 Å². The first-order valence-electron chi connectivity index (χ1n) is 4.97. The molecule has 0 spiro atoms.